The van der Waals surface area contributed by atoms with Crippen molar-refractivity contribution in [2.24, 2.45) is 11.7 Å². The number of nitrogens with zero attached hydrogens (tertiary/aromatic N) is 2. The van der Waals surface area contributed by atoms with E-state index in [0.717, 1.165) is 30.6 Å². The Bertz CT molecular complexity index is 634. The number of hydrogen-bond donors (Lipinski definition) is 1. The topological polar surface area (TPSA) is 85.1 Å². The molecule has 2 aliphatic rings. The van der Waals surface area contributed by atoms with Crippen LogP contribution < -0.4 is 10.6 Å². The minimum absolute atomic E-state index is 0.0827. The van der Waals surface area contributed by atoms with Crippen LogP contribution in [0.15, 0.2) is 24.3 Å². The Kier molecular flexibility index (Phi) is 6.11. The summed E-state index contributed by atoms with van der Waals surface area (Å²) in [5, 5.41) is 0. The standard InChI is InChI=1S/C19H27N3O4/c1-2-25-18(23)15-4-3-9-21(11-15)12-17-13-22(19(24)26-17)16-7-5-14(10-20)6-8-16/h5-8,15,17H,2-4,9-13,20H2,1H3. The Hall–Kier alpha value is -2.12. The van der Waals surface area contributed by atoms with Crippen LogP contribution >= 0.6 is 0 Å². The lowest BCUT2D eigenvalue weighted by atomic mass is 9.98. The van der Waals surface area contributed by atoms with Gasteiger partial charge in [0.15, 0.2) is 0 Å². The highest BCUT2D eigenvalue weighted by atomic mass is 16.6. The Morgan fingerprint density at radius 1 is 1.31 bits per heavy atom. The number of esters is 1. The zero-order valence-corrected chi connectivity index (χ0v) is 15.2. The van der Waals surface area contributed by atoms with E-state index in [2.05, 4.69) is 4.90 Å². The van der Waals surface area contributed by atoms with Gasteiger partial charge >= 0.3 is 12.1 Å². The maximum Gasteiger partial charge on any atom is 0.414 e. The molecule has 0 radical (unpaired) electrons. The van der Waals surface area contributed by atoms with Gasteiger partial charge in [-0.3, -0.25) is 14.6 Å². The number of anilines is 1. The lowest BCUT2D eigenvalue weighted by Crippen LogP contribution is -2.43. The van der Waals surface area contributed by atoms with Crippen molar-refractivity contribution in [3.05, 3.63) is 29.8 Å². The molecule has 0 aliphatic carbocycles. The van der Waals surface area contributed by atoms with Gasteiger partial charge in [0.25, 0.3) is 0 Å². The van der Waals surface area contributed by atoms with Crippen molar-refractivity contribution < 1.29 is 19.1 Å². The number of amides is 1. The summed E-state index contributed by atoms with van der Waals surface area (Å²) >= 11 is 0. The molecular formula is C19H27N3O4. The van der Waals surface area contributed by atoms with Crippen LogP contribution in [0.4, 0.5) is 10.5 Å². The molecule has 26 heavy (non-hydrogen) atoms. The Morgan fingerprint density at radius 3 is 2.77 bits per heavy atom. The summed E-state index contributed by atoms with van der Waals surface area (Å²) in [5.41, 5.74) is 7.46. The summed E-state index contributed by atoms with van der Waals surface area (Å²) in [6, 6.07) is 7.63. The number of benzene rings is 1. The van der Waals surface area contributed by atoms with Crippen LogP contribution in [0.5, 0.6) is 0 Å². The van der Waals surface area contributed by atoms with Crippen LogP contribution in [0, 0.1) is 5.92 Å². The zero-order valence-electron chi connectivity index (χ0n) is 15.2. The molecule has 1 aromatic carbocycles. The minimum atomic E-state index is -0.325. The van der Waals surface area contributed by atoms with Gasteiger partial charge in [-0.15, -0.1) is 0 Å². The molecule has 2 heterocycles. The molecule has 2 unspecified atom stereocenters. The second-order valence-electron chi connectivity index (χ2n) is 6.84. The number of likely N-dealkylation sites (tertiary alicyclic amines) is 1. The fraction of sp³-hybridized carbons (Fsp3) is 0.579. The molecule has 7 nitrogen and oxygen atoms in total. The Labute approximate surface area is 154 Å². The monoisotopic (exact) mass is 361 g/mol. The Morgan fingerprint density at radius 2 is 2.08 bits per heavy atom. The summed E-state index contributed by atoms with van der Waals surface area (Å²) in [7, 11) is 0. The van der Waals surface area contributed by atoms with E-state index in [4.69, 9.17) is 15.2 Å². The van der Waals surface area contributed by atoms with E-state index in [-0.39, 0.29) is 24.1 Å². The number of hydrogen-bond acceptors (Lipinski definition) is 6. The molecule has 0 bridgehead atoms. The van der Waals surface area contributed by atoms with Crippen LogP contribution in [0.1, 0.15) is 25.3 Å². The van der Waals surface area contributed by atoms with Gasteiger partial charge in [0.05, 0.1) is 19.1 Å². The third-order valence-electron chi connectivity index (χ3n) is 4.95. The number of carbonyl (C=O) groups excluding carboxylic acids is 2. The second kappa shape index (κ2) is 8.51. The highest BCUT2D eigenvalue weighted by Crippen LogP contribution is 2.24. The third-order valence-corrected chi connectivity index (χ3v) is 4.95. The molecule has 1 amide bonds. The van der Waals surface area contributed by atoms with Gasteiger partial charge in [0, 0.05) is 25.3 Å². The molecule has 2 aliphatic heterocycles. The number of carbonyl (C=O) groups is 2. The highest BCUT2D eigenvalue weighted by Gasteiger charge is 2.35. The van der Waals surface area contributed by atoms with Crippen molar-refractivity contribution in [1.29, 1.82) is 0 Å². The first kappa shape index (κ1) is 18.7. The fourth-order valence-corrected chi connectivity index (χ4v) is 3.60. The van der Waals surface area contributed by atoms with Gasteiger partial charge in [-0.05, 0) is 44.0 Å². The molecule has 2 atom stereocenters. The Balaban J connectivity index is 1.56. The van der Waals surface area contributed by atoms with E-state index >= 15 is 0 Å². The lowest BCUT2D eigenvalue weighted by molar-refractivity contribution is -0.150. The summed E-state index contributed by atoms with van der Waals surface area (Å²) < 4.78 is 10.7. The molecular weight excluding hydrogens is 334 g/mol. The van der Waals surface area contributed by atoms with E-state index in [1.54, 1.807) is 4.90 Å². The molecule has 7 heteroatoms. The number of rotatable bonds is 6. The molecule has 142 valence electrons. The fourth-order valence-electron chi connectivity index (χ4n) is 3.60. The number of piperidine rings is 1. The first-order chi connectivity index (χ1) is 12.6. The number of cyclic esters (lactones) is 1. The molecule has 0 spiro atoms. The molecule has 3 rings (SSSR count). The van der Waals surface area contributed by atoms with E-state index in [9.17, 15) is 9.59 Å². The largest absolute Gasteiger partial charge is 0.466 e. The van der Waals surface area contributed by atoms with Gasteiger partial charge in [0.1, 0.15) is 6.10 Å². The van der Waals surface area contributed by atoms with E-state index in [1.165, 1.54) is 0 Å². The van der Waals surface area contributed by atoms with Gasteiger partial charge in [-0.1, -0.05) is 12.1 Å². The lowest BCUT2D eigenvalue weighted by Gasteiger charge is -2.32. The smallest absolute Gasteiger partial charge is 0.414 e. The van der Waals surface area contributed by atoms with Crippen LogP contribution in [-0.4, -0.2) is 55.9 Å². The summed E-state index contributed by atoms with van der Waals surface area (Å²) in [4.78, 5) is 28.0. The predicted octanol–water partition coefficient (Wildman–Crippen LogP) is 1.75. The maximum atomic E-state index is 12.2. The predicted molar refractivity (Wildman–Crippen MR) is 97.7 cm³/mol. The number of ether oxygens (including phenoxy) is 2. The first-order valence-electron chi connectivity index (χ1n) is 9.26. The van der Waals surface area contributed by atoms with Crippen molar-refractivity contribution in [3.8, 4) is 0 Å². The van der Waals surface area contributed by atoms with Crippen LogP contribution in [0.3, 0.4) is 0 Å². The minimum Gasteiger partial charge on any atom is -0.466 e. The maximum absolute atomic E-state index is 12.2. The molecule has 1 aromatic rings. The van der Waals surface area contributed by atoms with E-state index in [0.29, 0.717) is 32.8 Å². The SMILES string of the molecule is CCOC(=O)C1CCCN(CC2CN(c3ccc(CN)cc3)C(=O)O2)C1. The van der Waals surface area contributed by atoms with E-state index in [1.807, 2.05) is 31.2 Å². The third kappa shape index (κ3) is 4.34. The average Bonchev–Trinajstić information content (AvgIpc) is 3.02. The zero-order chi connectivity index (χ0) is 18.5. The van der Waals surface area contributed by atoms with Crippen LogP contribution in [0.2, 0.25) is 0 Å². The second-order valence-corrected chi connectivity index (χ2v) is 6.84. The molecule has 2 N–H and O–H groups in total. The molecule has 2 saturated heterocycles. The molecule has 0 saturated carbocycles. The number of nitrogens with two attached hydrogens (primary N) is 1. The van der Waals surface area contributed by atoms with Crippen molar-refractivity contribution in [2.75, 3.05) is 37.7 Å². The van der Waals surface area contributed by atoms with Gasteiger partial charge < -0.3 is 15.2 Å². The van der Waals surface area contributed by atoms with Gasteiger partial charge in [-0.2, -0.15) is 0 Å². The first-order valence-corrected chi connectivity index (χ1v) is 9.26. The molecule has 0 aromatic heterocycles. The van der Waals surface area contributed by atoms with Crippen molar-refractivity contribution in [3.63, 3.8) is 0 Å². The van der Waals surface area contributed by atoms with Crippen molar-refractivity contribution >= 4 is 17.7 Å². The van der Waals surface area contributed by atoms with Crippen LogP contribution in [-0.2, 0) is 20.8 Å². The van der Waals surface area contributed by atoms with Gasteiger partial charge in [-0.25, -0.2) is 4.79 Å². The summed E-state index contributed by atoms with van der Waals surface area (Å²) in [6.45, 7) is 5.44. The summed E-state index contributed by atoms with van der Waals surface area (Å²) in [5.74, 6) is -0.206. The average molecular weight is 361 g/mol. The van der Waals surface area contributed by atoms with Crippen LogP contribution in [0.25, 0.3) is 0 Å². The van der Waals surface area contributed by atoms with E-state index < -0.39 is 0 Å². The quantitative estimate of drug-likeness (QED) is 0.777. The molecule has 2 fully saturated rings. The highest BCUT2D eigenvalue weighted by molar-refractivity contribution is 5.89. The summed E-state index contributed by atoms with van der Waals surface area (Å²) in [6.07, 6.45) is 1.29. The normalized spacial score (nSPS) is 23.8. The van der Waals surface area contributed by atoms with Crippen molar-refractivity contribution in [2.45, 2.75) is 32.4 Å². The van der Waals surface area contributed by atoms with Gasteiger partial charge in [0.2, 0.25) is 0 Å². The van der Waals surface area contributed by atoms with Crippen molar-refractivity contribution in [1.82, 2.24) is 4.90 Å².